The average molecular weight is 288 g/mol. The van der Waals surface area contributed by atoms with Gasteiger partial charge in [0, 0.05) is 24.0 Å². The van der Waals surface area contributed by atoms with Crippen LogP contribution in [0.4, 0.5) is 9.18 Å². The van der Waals surface area contributed by atoms with Crippen molar-refractivity contribution in [3.05, 3.63) is 34.6 Å². The van der Waals surface area contributed by atoms with Crippen molar-refractivity contribution in [2.45, 2.75) is 18.9 Å². The lowest BCUT2D eigenvalue weighted by Crippen LogP contribution is -2.40. The second-order valence-electron chi connectivity index (χ2n) is 4.78. The highest BCUT2D eigenvalue weighted by molar-refractivity contribution is 6.30. The molecule has 1 aliphatic rings. The van der Waals surface area contributed by atoms with Crippen LogP contribution in [0.25, 0.3) is 0 Å². The first-order chi connectivity index (χ1) is 8.97. The van der Waals surface area contributed by atoms with E-state index in [1.807, 2.05) is 0 Å². The summed E-state index contributed by atoms with van der Waals surface area (Å²) in [5, 5.41) is 19.4. The van der Waals surface area contributed by atoms with Crippen molar-refractivity contribution in [2.75, 3.05) is 13.1 Å². The van der Waals surface area contributed by atoms with Crippen LogP contribution in [0.3, 0.4) is 0 Å². The van der Waals surface area contributed by atoms with Crippen molar-refractivity contribution in [1.82, 2.24) is 4.90 Å². The minimum Gasteiger partial charge on any atom is -0.465 e. The third-order valence-electron chi connectivity index (χ3n) is 3.40. The number of aliphatic hydroxyl groups is 1. The molecule has 0 aliphatic carbocycles. The standard InChI is InChI=1S/C13H15ClFNO3/c14-10-4-9(5-11(15)6-10)12(17)8-2-1-3-16(7-8)13(18)19/h4-6,8,12,17H,1-3,7H2,(H,18,19). The molecule has 0 spiro atoms. The van der Waals surface area contributed by atoms with Gasteiger partial charge in [-0.15, -0.1) is 0 Å². The maximum absolute atomic E-state index is 13.3. The molecule has 1 aromatic rings. The molecular weight excluding hydrogens is 273 g/mol. The zero-order chi connectivity index (χ0) is 14.0. The van der Waals surface area contributed by atoms with Gasteiger partial charge in [-0.3, -0.25) is 0 Å². The molecule has 1 fully saturated rings. The van der Waals surface area contributed by atoms with E-state index >= 15 is 0 Å². The van der Waals surface area contributed by atoms with E-state index in [9.17, 15) is 14.3 Å². The molecule has 0 saturated carbocycles. The number of benzene rings is 1. The molecule has 1 aromatic carbocycles. The molecule has 1 saturated heterocycles. The van der Waals surface area contributed by atoms with Gasteiger partial charge in [0.1, 0.15) is 5.82 Å². The van der Waals surface area contributed by atoms with Crippen LogP contribution in [0, 0.1) is 11.7 Å². The van der Waals surface area contributed by atoms with Crippen molar-refractivity contribution < 1.29 is 19.4 Å². The van der Waals surface area contributed by atoms with Crippen LogP contribution in [0.15, 0.2) is 18.2 Å². The van der Waals surface area contributed by atoms with Crippen LogP contribution in [0.5, 0.6) is 0 Å². The number of likely N-dealkylation sites (tertiary alicyclic amines) is 1. The van der Waals surface area contributed by atoms with Gasteiger partial charge in [-0.2, -0.15) is 0 Å². The van der Waals surface area contributed by atoms with Gasteiger partial charge in [-0.25, -0.2) is 9.18 Å². The van der Waals surface area contributed by atoms with Crippen LogP contribution >= 0.6 is 11.6 Å². The Kier molecular flexibility index (Phi) is 4.27. The zero-order valence-corrected chi connectivity index (χ0v) is 11.0. The summed E-state index contributed by atoms with van der Waals surface area (Å²) in [7, 11) is 0. The van der Waals surface area contributed by atoms with Gasteiger partial charge in [-0.1, -0.05) is 11.6 Å². The summed E-state index contributed by atoms with van der Waals surface area (Å²) in [5.41, 5.74) is 0.391. The van der Waals surface area contributed by atoms with Gasteiger partial charge in [0.2, 0.25) is 0 Å². The van der Waals surface area contributed by atoms with E-state index in [0.29, 0.717) is 24.9 Å². The number of rotatable bonds is 2. The van der Waals surface area contributed by atoms with Crippen LogP contribution in [0.1, 0.15) is 24.5 Å². The summed E-state index contributed by atoms with van der Waals surface area (Å²) in [4.78, 5) is 12.2. The van der Waals surface area contributed by atoms with Crippen molar-refractivity contribution in [3.8, 4) is 0 Å². The third kappa shape index (κ3) is 3.36. The summed E-state index contributed by atoms with van der Waals surface area (Å²) < 4.78 is 13.3. The van der Waals surface area contributed by atoms with Crippen LogP contribution in [-0.2, 0) is 0 Å². The Balaban J connectivity index is 2.14. The van der Waals surface area contributed by atoms with E-state index in [-0.39, 0.29) is 17.5 Å². The lowest BCUT2D eigenvalue weighted by atomic mass is 9.88. The molecule has 2 unspecified atom stereocenters. The number of piperidine rings is 1. The Hall–Kier alpha value is -1.33. The Morgan fingerprint density at radius 3 is 2.84 bits per heavy atom. The number of halogens is 2. The first kappa shape index (κ1) is 14.1. The van der Waals surface area contributed by atoms with Crippen LogP contribution < -0.4 is 0 Å². The summed E-state index contributed by atoms with van der Waals surface area (Å²) in [6, 6.07) is 3.91. The Morgan fingerprint density at radius 1 is 1.47 bits per heavy atom. The predicted octanol–water partition coefficient (Wildman–Crippen LogP) is 2.90. The minimum atomic E-state index is -0.992. The molecule has 4 nitrogen and oxygen atoms in total. The number of aliphatic hydroxyl groups excluding tert-OH is 1. The van der Waals surface area contributed by atoms with E-state index in [1.54, 1.807) is 0 Å². The highest BCUT2D eigenvalue weighted by Gasteiger charge is 2.29. The first-order valence-electron chi connectivity index (χ1n) is 6.09. The lowest BCUT2D eigenvalue weighted by Gasteiger charge is -2.33. The number of amides is 1. The fourth-order valence-electron chi connectivity index (χ4n) is 2.46. The molecule has 19 heavy (non-hydrogen) atoms. The molecule has 0 bridgehead atoms. The molecule has 104 valence electrons. The smallest absolute Gasteiger partial charge is 0.407 e. The predicted molar refractivity (Wildman–Crippen MR) is 68.7 cm³/mol. The van der Waals surface area contributed by atoms with Crippen molar-refractivity contribution >= 4 is 17.7 Å². The largest absolute Gasteiger partial charge is 0.465 e. The summed E-state index contributed by atoms with van der Waals surface area (Å²) in [6.07, 6.45) is -0.500. The van der Waals surface area contributed by atoms with Gasteiger partial charge in [-0.05, 0) is 36.6 Å². The van der Waals surface area contributed by atoms with E-state index in [0.717, 1.165) is 0 Å². The highest BCUT2D eigenvalue weighted by Crippen LogP contribution is 2.31. The highest BCUT2D eigenvalue weighted by atomic mass is 35.5. The quantitative estimate of drug-likeness (QED) is 0.879. The summed E-state index contributed by atoms with van der Waals surface area (Å²) in [5.74, 6) is -0.741. The van der Waals surface area contributed by atoms with Crippen LogP contribution in [0.2, 0.25) is 5.02 Å². The normalized spacial score (nSPS) is 21.2. The van der Waals surface area contributed by atoms with Gasteiger partial charge in [0.25, 0.3) is 0 Å². The van der Waals surface area contributed by atoms with Crippen LogP contribution in [-0.4, -0.2) is 34.3 Å². The van der Waals surface area contributed by atoms with Gasteiger partial charge in [0.05, 0.1) is 6.10 Å². The van der Waals surface area contributed by atoms with Crippen molar-refractivity contribution in [2.24, 2.45) is 5.92 Å². The number of carbonyl (C=O) groups is 1. The molecule has 2 rings (SSSR count). The lowest BCUT2D eigenvalue weighted by molar-refractivity contribution is 0.0501. The number of nitrogens with zero attached hydrogens (tertiary/aromatic N) is 1. The zero-order valence-electron chi connectivity index (χ0n) is 10.2. The Labute approximate surface area is 115 Å². The maximum atomic E-state index is 13.3. The Bertz CT molecular complexity index is 463. The first-order valence-corrected chi connectivity index (χ1v) is 6.47. The molecule has 6 heteroatoms. The topological polar surface area (TPSA) is 60.8 Å². The third-order valence-corrected chi connectivity index (χ3v) is 3.62. The van der Waals surface area contributed by atoms with E-state index in [4.69, 9.17) is 16.7 Å². The van der Waals surface area contributed by atoms with E-state index < -0.39 is 18.0 Å². The minimum absolute atomic E-state index is 0.222. The molecule has 1 heterocycles. The molecule has 2 atom stereocenters. The number of hydrogen-bond acceptors (Lipinski definition) is 2. The van der Waals surface area contributed by atoms with Crippen molar-refractivity contribution in [1.29, 1.82) is 0 Å². The molecular formula is C13H15ClFNO3. The Morgan fingerprint density at radius 2 is 2.21 bits per heavy atom. The number of carboxylic acid groups (broad SMARTS) is 1. The van der Waals surface area contributed by atoms with Gasteiger partial charge >= 0.3 is 6.09 Å². The average Bonchev–Trinajstić information content (AvgIpc) is 2.37. The molecule has 1 aliphatic heterocycles. The summed E-state index contributed by atoms with van der Waals surface area (Å²) >= 11 is 5.76. The molecule has 0 aromatic heterocycles. The van der Waals surface area contributed by atoms with E-state index in [1.165, 1.54) is 23.1 Å². The van der Waals surface area contributed by atoms with Crippen molar-refractivity contribution in [3.63, 3.8) is 0 Å². The molecule has 0 radical (unpaired) electrons. The maximum Gasteiger partial charge on any atom is 0.407 e. The van der Waals surface area contributed by atoms with E-state index in [2.05, 4.69) is 0 Å². The SMILES string of the molecule is O=C(O)N1CCCC(C(O)c2cc(F)cc(Cl)c2)C1. The molecule has 2 N–H and O–H groups in total. The summed E-state index contributed by atoms with van der Waals surface area (Å²) in [6.45, 7) is 0.729. The molecule has 1 amide bonds. The monoisotopic (exact) mass is 287 g/mol. The van der Waals surface area contributed by atoms with Gasteiger partial charge in [0.15, 0.2) is 0 Å². The fourth-order valence-corrected chi connectivity index (χ4v) is 2.69. The second-order valence-corrected chi connectivity index (χ2v) is 5.21. The van der Waals surface area contributed by atoms with Gasteiger partial charge < -0.3 is 15.1 Å². The second kappa shape index (κ2) is 5.75. The fraction of sp³-hybridized carbons (Fsp3) is 0.462. The number of hydrogen-bond donors (Lipinski definition) is 2.